The van der Waals surface area contributed by atoms with E-state index < -0.39 is 6.10 Å². The normalized spacial score (nSPS) is 16.8. The van der Waals surface area contributed by atoms with Crippen LogP contribution in [0.15, 0.2) is 53.4 Å². The number of fused-ring (bicyclic) bond motifs is 2. The number of nitrogens with one attached hydrogen (secondary N) is 1. The van der Waals surface area contributed by atoms with Crippen molar-refractivity contribution in [1.82, 2.24) is 9.55 Å². The molecule has 0 saturated heterocycles. The third-order valence-electron chi connectivity index (χ3n) is 4.27. The first kappa shape index (κ1) is 17.0. The van der Waals surface area contributed by atoms with Gasteiger partial charge in [0.05, 0.1) is 11.0 Å². The lowest BCUT2D eigenvalue weighted by Crippen LogP contribution is -2.38. The van der Waals surface area contributed by atoms with Gasteiger partial charge < -0.3 is 9.30 Å². The fourth-order valence-electron chi connectivity index (χ4n) is 3.13. The van der Waals surface area contributed by atoms with E-state index >= 15 is 0 Å². The lowest BCUT2D eigenvalue weighted by molar-refractivity contribution is -0.122. The first-order valence-electron chi connectivity index (χ1n) is 8.61. The van der Waals surface area contributed by atoms with Crippen molar-refractivity contribution in [3.05, 3.63) is 48.5 Å². The zero-order valence-electron chi connectivity index (χ0n) is 15.0. The van der Waals surface area contributed by atoms with E-state index in [0.717, 1.165) is 21.7 Å². The van der Waals surface area contributed by atoms with Crippen molar-refractivity contribution < 1.29 is 9.53 Å². The first-order chi connectivity index (χ1) is 12.4. The Hall–Kier alpha value is -2.47. The van der Waals surface area contributed by atoms with Crippen LogP contribution in [-0.2, 0) is 10.3 Å². The highest BCUT2D eigenvalue weighted by atomic mass is 32.2. The SMILES string of the molecule is CC(C)(C)n1c(NC(=O)[C@@H]2CSc3ccccc3O2)nc2ccccc21. The predicted octanol–water partition coefficient (Wildman–Crippen LogP) is 4.28. The first-order valence-corrected chi connectivity index (χ1v) is 9.59. The van der Waals surface area contributed by atoms with Crippen LogP contribution in [0.4, 0.5) is 5.95 Å². The number of benzene rings is 2. The number of hydrogen-bond donors (Lipinski definition) is 1. The Kier molecular flexibility index (Phi) is 4.15. The summed E-state index contributed by atoms with van der Waals surface area (Å²) in [6.45, 7) is 6.29. The van der Waals surface area contributed by atoms with Crippen LogP contribution >= 0.6 is 11.8 Å². The van der Waals surface area contributed by atoms with Crippen molar-refractivity contribution in [2.24, 2.45) is 0 Å². The second-order valence-corrected chi connectivity index (χ2v) is 8.35. The number of hydrogen-bond acceptors (Lipinski definition) is 4. The van der Waals surface area contributed by atoms with Crippen molar-refractivity contribution >= 4 is 34.7 Å². The van der Waals surface area contributed by atoms with Gasteiger partial charge in [-0.2, -0.15) is 0 Å². The van der Waals surface area contributed by atoms with Crippen molar-refractivity contribution in [2.45, 2.75) is 37.3 Å². The molecule has 2 heterocycles. The quantitative estimate of drug-likeness (QED) is 0.734. The second kappa shape index (κ2) is 6.36. The summed E-state index contributed by atoms with van der Waals surface area (Å²) >= 11 is 1.64. The zero-order valence-corrected chi connectivity index (χ0v) is 15.8. The summed E-state index contributed by atoms with van der Waals surface area (Å²) in [4.78, 5) is 18.5. The summed E-state index contributed by atoms with van der Waals surface area (Å²) < 4.78 is 7.96. The molecule has 5 nitrogen and oxygen atoms in total. The van der Waals surface area contributed by atoms with E-state index in [4.69, 9.17) is 4.74 Å². The standard InChI is InChI=1S/C20H21N3O2S/c1-20(2,3)23-14-9-5-4-8-13(14)21-19(23)22-18(24)16-12-26-17-11-7-6-10-15(17)25-16/h4-11,16H,12H2,1-3H3,(H,21,22,24)/t16-/m0/s1. The molecule has 1 atom stereocenters. The fourth-order valence-corrected chi connectivity index (χ4v) is 4.11. The maximum Gasteiger partial charge on any atom is 0.268 e. The Labute approximate surface area is 156 Å². The number of carbonyl (C=O) groups is 1. The summed E-state index contributed by atoms with van der Waals surface area (Å²) in [5, 5.41) is 2.98. The number of rotatable bonds is 2. The molecule has 0 saturated carbocycles. The van der Waals surface area contributed by atoms with Gasteiger partial charge in [-0.25, -0.2) is 4.98 Å². The number of imidazole rings is 1. The molecule has 0 bridgehead atoms. The number of thioether (sulfide) groups is 1. The van der Waals surface area contributed by atoms with E-state index in [0.29, 0.717) is 11.7 Å². The fraction of sp³-hybridized carbons (Fsp3) is 0.300. The number of para-hydroxylation sites is 3. The Morgan fingerprint density at radius 1 is 1.19 bits per heavy atom. The average Bonchev–Trinajstić information content (AvgIpc) is 2.99. The number of ether oxygens (including phenoxy) is 1. The van der Waals surface area contributed by atoms with Gasteiger partial charge in [0.25, 0.3) is 5.91 Å². The molecule has 1 amide bonds. The van der Waals surface area contributed by atoms with Crippen LogP contribution < -0.4 is 10.1 Å². The molecule has 0 spiro atoms. The summed E-state index contributed by atoms with van der Waals surface area (Å²) in [6.07, 6.45) is -0.539. The number of amides is 1. The van der Waals surface area contributed by atoms with E-state index in [1.807, 2.05) is 48.5 Å². The Morgan fingerprint density at radius 2 is 1.92 bits per heavy atom. The molecule has 0 fully saturated rings. The maximum absolute atomic E-state index is 12.8. The molecule has 1 aliphatic heterocycles. The average molecular weight is 367 g/mol. The van der Waals surface area contributed by atoms with Gasteiger partial charge in [-0.05, 0) is 45.0 Å². The van der Waals surface area contributed by atoms with Gasteiger partial charge in [-0.3, -0.25) is 10.1 Å². The summed E-state index contributed by atoms with van der Waals surface area (Å²) in [5.74, 6) is 1.72. The lowest BCUT2D eigenvalue weighted by Gasteiger charge is -2.27. The summed E-state index contributed by atoms with van der Waals surface area (Å²) in [6, 6.07) is 15.7. The van der Waals surface area contributed by atoms with Crippen LogP contribution in [0.2, 0.25) is 0 Å². The minimum atomic E-state index is -0.539. The molecular weight excluding hydrogens is 346 g/mol. The van der Waals surface area contributed by atoms with E-state index in [1.54, 1.807) is 11.8 Å². The van der Waals surface area contributed by atoms with Crippen LogP contribution in [0.5, 0.6) is 5.75 Å². The van der Waals surface area contributed by atoms with Crippen LogP contribution in [-0.4, -0.2) is 27.3 Å². The van der Waals surface area contributed by atoms with Crippen LogP contribution in [0.1, 0.15) is 20.8 Å². The van der Waals surface area contributed by atoms with Crippen LogP contribution in [0.3, 0.4) is 0 Å². The Balaban J connectivity index is 1.63. The molecule has 0 radical (unpaired) electrons. The van der Waals surface area contributed by atoms with Gasteiger partial charge in [-0.1, -0.05) is 24.3 Å². The monoisotopic (exact) mass is 367 g/mol. The number of carbonyl (C=O) groups excluding carboxylic acids is 1. The minimum absolute atomic E-state index is 0.173. The van der Waals surface area contributed by atoms with Crippen molar-refractivity contribution in [2.75, 3.05) is 11.1 Å². The van der Waals surface area contributed by atoms with Crippen molar-refractivity contribution in [3.63, 3.8) is 0 Å². The van der Waals surface area contributed by atoms with Gasteiger partial charge in [0.2, 0.25) is 5.95 Å². The molecule has 0 aliphatic carbocycles. The topological polar surface area (TPSA) is 56.2 Å². The summed E-state index contributed by atoms with van der Waals surface area (Å²) in [7, 11) is 0. The second-order valence-electron chi connectivity index (χ2n) is 7.28. The van der Waals surface area contributed by atoms with Crippen LogP contribution in [0, 0.1) is 0 Å². The van der Waals surface area contributed by atoms with Gasteiger partial charge in [0.1, 0.15) is 5.75 Å². The molecule has 6 heteroatoms. The van der Waals surface area contributed by atoms with Gasteiger partial charge in [0.15, 0.2) is 6.10 Å². The third kappa shape index (κ3) is 3.05. The van der Waals surface area contributed by atoms with Gasteiger partial charge >= 0.3 is 0 Å². The molecular formula is C20H21N3O2S. The smallest absolute Gasteiger partial charge is 0.268 e. The maximum atomic E-state index is 12.8. The molecule has 1 aromatic heterocycles. The lowest BCUT2D eigenvalue weighted by atomic mass is 10.1. The number of aromatic nitrogens is 2. The highest BCUT2D eigenvalue weighted by Gasteiger charge is 2.29. The molecule has 0 unspecified atom stereocenters. The third-order valence-corrected chi connectivity index (χ3v) is 5.39. The molecule has 1 aliphatic rings. The Bertz CT molecular complexity index is 975. The van der Waals surface area contributed by atoms with Crippen LogP contribution in [0.25, 0.3) is 11.0 Å². The molecule has 134 valence electrons. The van der Waals surface area contributed by atoms with E-state index in [2.05, 4.69) is 35.6 Å². The highest BCUT2D eigenvalue weighted by molar-refractivity contribution is 7.99. The summed E-state index contributed by atoms with van der Waals surface area (Å²) in [5.41, 5.74) is 1.65. The Morgan fingerprint density at radius 3 is 2.73 bits per heavy atom. The molecule has 4 rings (SSSR count). The van der Waals surface area contributed by atoms with Crippen molar-refractivity contribution in [3.8, 4) is 5.75 Å². The molecule has 2 aromatic carbocycles. The largest absolute Gasteiger partial charge is 0.479 e. The van der Waals surface area contributed by atoms with E-state index in [-0.39, 0.29) is 11.4 Å². The van der Waals surface area contributed by atoms with Crippen molar-refractivity contribution in [1.29, 1.82) is 0 Å². The molecule has 1 N–H and O–H groups in total. The predicted molar refractivity (Wildman–Crippen MR) is 105 cm³/mol. The van der Waals surface area contributed by atoms with E-state index in [9.17, 15) is 4.79 Å². The van der Waals surface area contributed by atoms with Gasteiger partial charge in [0, 0.05) is 16.2 Å². The zero-order chi connectivity index (χ0) is 18.3. The van der Waals surface area contributed by atoms with E-state index in [1.165, 1.54) is 0 Å². The van der Waals surface area contributed by atoms with Gasteiger partial charge in [-0.15, -0.1) is 11.8 Å². The highest BCUT2D eigenvalue weighted by Crippen LogP contribution is 2.35. The molecule has 3 aromatic rings. The minimum Gasteiger partial charge on any atom is -0.479 e. The number of nitrogens with zero attached hydrogens (tertiary/aromatic N) is 2. The molecule has 26 heavy (non-hydrogen) atoms. The number of anilines is 1.